The van der Waals surface area contributed by atoms with E-state index in [0.29, 0.717) is 56.4 Å². The maximum absolute atomic E-state index is 13.4. The minimum Gasteiger partial charge on any atom is -0.494 e. The maximum Gasteiger partial charge on any atom is 0.410 e. The van der Waals surface area contributed by atoms with Gasteiger partial charge in [-0.15, -0.1) is 0 Å². The lowest BCUT2D eigenvalue weighted by molar-refractivity contribution is -0.143. The van der Waals surface area contributed by atoms with Gasteiger partial charge in [0.05, 0.1) is 19.4 Å². The number of esters is 1. The molecule has 1 aromatic carbocycles. The van der Waals surface area contributed by atoms with Crippen molar-refractivity contribution in [3.63, 3.8) is 0 Å². The van der Waals surface area contributed by atoms with Crippen LogP contribution in [0.1, 0.15) is 95.4 Å². The van der Waals surface area contributed by atoms with Crippen LogP contribution in [0, 0.1) is 12.8 Å². The fourth-order valence-electron chi connectivity index (χ4n) is 5.26. The van der Waals surface area contributed by atoms with Crippen LogP contribution in [0.4, 0.5) is 4.79 Å². The molecule has 1 aliphatic rings. The Morgan fingerprint density at radius 3 is 2.59 bits per heavy atom. The molecule has 1 fully saturated rings. The van der Waals surface area contributed by atoms with Gasteiger partial charge in [0.1, 0.15) is 17.4 Å². The highest BCUT2D eigenvalue weighted by Crippen LogP contribution is 2.24. The maximum atomic E-state index is 13.4. The number of hydrogen-bond acceptors (Lipinski definition) is 8. The van der Waals surface area contributed by atoms with E-state index in [9.17, 15) is 19.2 Å². The summed E-state index contributed by atoms with van der Waals surface area (Å²) in [6, 6.07) is 4.87. The zero-order chi connectivity index (χ0) is 33.7. The van der Waals surface area contributed by atoms with E-state index >= 15 is 0 Å². The lowest BCUT2D eigenvalue weighted by atomic mass is 9.95. The molecule has 1 saturated heterocycles. The van der Waals surface area contributed by atoms with Crippen molar-refractivity contribution in [1.82, 2.24) is 25.3 Å². The average Bonchev–Trinajstić information content (AvgIpc) is 3.43. The molecule has 2 unspecified atom stereocenters. The van der Waals surface area contributed by atoms with Gasteiger partial charge in [-0.25, -0.2) is 4.79 Å². The standard InChI is InChI=1S/C34H51N5O7/c1-7-44-30(41)13-9-8-12-29(40)37-31(27-21-36-38(6)23-27)32(42)35-20-26-19-28(15-14-24(26)2)45-18-16-25-11-10-17-39(22-25)33(43)46-34(3,4)5/h14-15,19,21,23,25,31H,7-13,16-18,20,22H2,1-6H3,(H,35,42)(H,37,40). The number of nitrogens with one attached hydrogen (secondary N) is 2. The number of carbonyl (C=O) groups excluding carboxylic acids is 4. The van der Waals surface area contributed by atoms with Gasteiger partial charge in [0, 0.05) is 51.3 Å². The van der Waals surface area contributed by atoms with Crippen molar-refractivity contribution in [2.45, 2.75) is 97.8 Å². The quantitative estimate of drug-likeness (QED) is 0.210. The van der Waals surface area contributed by atoms with E-state index in [2.05, 4.69) is 15.7 Å². The molecule has 0 spiro atoms. The molecule has 3 rings (SSSR count). The highest BCUT2D eigenvalue weighted by Gasteiger charge is 2.28. The van der Waals surface area contributed by atoms with E-state index in [1.54, 1.807) is 35.9 Å². The molecule has 0 radical (unpaired) electrons. The van der Waals surface area contributed by atoms with E-state index in [4.69, 9.17) is 14.2 Å². The van der Waals surface area contributed by atoms with Crippen molar-refractivity contribution in [1.29, 1.82) is 0 Å². The first kappa shape index (κ1) is 36.4. The third-order valence-corrected chi connectivity index (χ3v) is 7.70. The van der Waals surface area contributed by atoms with Crippen molar-refractivity contribution in [3.8, 4) is 5.75 Å². The first-order chi connectivity index (χ1) is 21.8. The Bertz CT molecular complexity index is 1320. The smallest absolute Gasteiger partial charge is 0.410 e. The predicted molar refractivity (Wildman–Crippen MR) is 173 cm³/mol. The molecule has 0 bridgehead atoms. The molecule has 46 heavy (non-hydrogen) atoms. The Morgan fingerprint density at radius 1 is 1.13 bits per heavy atom. The number of aryl methyl sites for hydroxylation is 2. The highest BCUT2D eigenvalue weighted by molar-refractivity contribution is 5.88. The van der Waals surface area contributed by atoms with E-state index < -0.39 is 11.6 Å². The van der Waals surface area contributed by atoms with E-state index in [1.807, 2.05) is 45.9 Å². The molecule has 1 aliphatic heterocycles. The number of ether oxygens (including phenoxy) is 3. The summed E-state index contributed by atoms with van der Waals surface area (Å²) in [7, 11) is 1.75. The highest BCUT2D eigenvalue weighted by atomic mass is 16.6. The van der Waals surface area contributed by atoms with Gasteiger partial charge in [-0.1, -0.05) is 6.07 Å². The van der Waals surface area contributed by atoms with Crippen molar-refractivity contribution in [2.75, 3.05) is 26.3 Å². The number of aromatic nitrogens is 2. The van der Waals surface area contributed by atoms with Gasteiger partial charge in [-0.3, -0.25) is 19.1 Å². The number of unbranched alkanes of at least 4 members (excludes halogenated alkanes) is 1. The van der Waals surface area contributed by atoms with Crippen LogP contribution in [0.15, 0.2) is 30.6 Å². The molecule has 1 aromatic heterocycles. The van der Waals surface area contributed by atoms with Crippen molar-refractivity contribution >= 4 is 23.9 Å². The fraction of sp³-hybridized carbons (Fsp3) is 0.618. The summed E-state index contributed by atoms with van der Waals surface area (Å²) >= 11 is 0. The molecule has 2 heterocycles. The third-order valence-electron chi connectivity index (χ3n) is 7.70. The van der Waals surface area contributed by atoms with E-state index in [-0.39, 0.29) is 43.3 Å². The second kappa shape index (κ2) is 17.6. The van der Waals surface area contributed by atoms with Crippen LogP contribution in [0.3, 0.4) is 0 Å². The topological polar surface area (TPSA) is 141 Å². The minimum atomic E-state index is -0.915. The van der Waals surface area contributed by atoms with Crippen LogP contribution >= 0.6 is 0 Å². The summed E-state index contributed by atoms with van der Waals surface area (Å²) in [6.07, 6.45) is 7.25. The monoisotopic (exact) mass is 641 g/mol. The van der Waals surface area contributed by atoms with Crippen LogP contribution in [0.2, 0.25) is 0 Å². The minimum absolute atomic E-state index is 0.182. The van der Waals surface area contributed by atoms with Gasteiger partial charge >= 0.3 is 12.1 Å². The summed E-state index contributed by atoms with van der Waals surface area (Å²) in [6.45, 7) is 11.8. The SMILES string of the molecule is CCOC(=O)CCCCC(=O)NC(C(=O)NCc1cc(OCCC2CCCN(C(=O)OC(C)(C)C)C2)ccc1C)c1cnn(C)c1. The zero-order valence-corrected chi connectivity index (χ0v) is 28.2. The Kier molecular flexibility index (Phi) is 13.9. The number of amides is 3. The van der Waals surface area contributed by atoms with E-state index in [1.165, 1.54) is 0 Å². The number of likely N-dealkylation sites (tertiary alicyclic amines) is 1. The van der Waals surface area contributed by atoms with Crippen molar-refractivity contribution < 1.29 is 33.4 Å². The third kappa shape index (κ3) is 12.4. The number of hydrogen-bond donors (Lipinski definition) is 2. The lowest BCUT2D eigenvalue weighted by Crippen LogP contribution is -2.43. The number of rotatable bonds is 15. The van der Waals surface area contributed by atoms with Gasteiger partial charge in [-0.05, 0) is 95.9 Å². The Balaban J connectivity index is 1.52. The number of piperidine rings is 1. The molecule has 12 heteroatoms. The van der Waals surface area contributed by atoms with Crippen LogP contribution < -0.4 is 15.4 Å². The van der Waals surface area contributed by atoms with Gasteiger partial charge in [0.15, 0.2) is 0 Å². The van der Waals surface area contributed by atoms with Crippen LogP contribution in [0.5, 0.6) is 5.75 Å². The average molecular weight is 642 g/mol. The van der Waals surface area contributed by atoms with Crippen LogP contribution in [0.25, 0.3) is 0 Å². The molecular weight excluding hydrogens is 590 g/mol. The predicted octanol–water partition coefficient (Wildman–Crippen LogP) is 4.74. The molecule has 3 amide bonds. The summed E-state index contributed by atoms with van der Waals surface area (Å²) in [4.78, 5) is 51.9. The summed E-state index contributed by atoms with van der Waals surface area (Å²) < 4.78 is 18.1. The fourth-order valence-corrected chi connectivity index (χ4v) is 5.26. The molecule has 2 atom stereocenters. The van der Waals surface area contributed by atoms with Crippen molar-refractivity contribution in [3.05, 3.63) is 47.3 Å². The summed E-state index contributed by atoms with van der Waals surface area (Å²) in [5.41, 5.74) is 1.95. The molecule has 12 nitrogen and oxygen atoms in total. The summed E-state index contributed by atoms with van der Waals surface area (Å²) in [5.74, 6) is 0.116. The lowest BCUT2D eigenvalue weighted by Gasteiger charge is -2.34. The molecular formula is C34H51N5O7. The Labute approximate surface area is 272 Å². The first-order valence-corrected chi connectivity index (χ1v) is 16.3. The second-order valence-corrected chi connectivity index (χ2v) is 12.8. The second-order valence-electron chi connectivity index (χ2n) is 12.8. The zero-order valence-electron chi connectivity index (χ0n) is 28.2. The first-order valence-electron chi connectivity index (χ1n) is 16.3. The van der Waals surface area contributed by atoms with Gasteiger partial charge in [-0.2, -0.15) is 5.10 Å². The normalized spacial score (nSPS) is 15.5. The molecule has 254 valence electrons. The van der Waals surface area contributed by atoms with Gasteiger partial charge < -0.3 is 29.7 Å². The molecule has 0 aliphatic carbocycles. The van der Waals surface area contributed by atoms with E-state index in [0.717, 1.165) is 30.4 Å². The van der Waals surface area contributed by atoms with Gasteiger partial charge in [0.25, 0.3) is 0 Å². The molecule has 2 N–H and O–H groups in total. The number of benzene rings is 1. The van der Waals surface area contributed by atoms with Gasteiger partial charge in [0.2, 0.25) is 11.8 Å². The van der Waals surface area contributed by atoms with Crippen LogP contribution in [-0.4, -0.2) is 70.5 Å². The molecule has 2 aromatic rings. The number of carbonyl (C=O) groups is 4. The summed E-state index contributed by atoms with van der Waals surface area (Å²) in [5, 5.41) is 9.95. The Morgan fingerprint density at radius 2 is 1.89 bits per heavy atom. The number of nitrogens with zero attached hydrogens (tertiary/aromatic N) is 3. The Hall–Kier alpha value is -4.09. The largest absolute Gasteiger partial charge is 0.494 e. The van der Waals surface area contributed by atoms with Crippen LogP contribution in [-0.2, 0) is 37.4 Å². The van der Waals surface area contributed by atoms with Crippen molar-refractivity contribution in [2.24, 2.45) is 13.0 Å². The molecule has 0 saturated carbocycles.